The first-order chi connectivity index (χ1) is 13.4. The normalized spacial score (nSPS) is 13.9. The summed E-state index contributed by atoms with van der Waals surface area (Å²) in [6.07, 6.45) is 0.612. The van der Waals surface area contributed by atoms with Gasteiger partial charge in [-0.25, -0.2) is 18.2 Å². The summed E-state index contributed by atoms with van der Waals surface area (Å²) in [6, 6.07) is 15.3. The number of nitrogens with zero attached hydrogens (tertiary/aromatic N) is 2. The van der Waals surface area contributed by atoms with Crippen LogP contribution in [0.4, 0.5) is 0 Å². The molecular formula is C20H20N2O5S. The van der Waals surface area contributed by atoms with E-state index in [1.54, 1.807) is 6.07 Å². The molecule has 1 amide bonds. The Bertz CT molecular complexity index is 1020. The van der Waals surface area contributed by atoms with Crippen molar-refractivity contribution in [3.05, 3.63) is 65.7 Å². The average Bonchev–Trinajstić information content (AvgIpc) is 3.23. The molecule has 7 nitrogen and oxygen atoms in total. The number of hydrogen-bond donors (Lipinski definition) is 0. The largest absolute Gasteiger partial charge is 0.452 e. The molecule has 0 fully saturated rings. The monoisotopic (exact) mass is 400 g/mol. The van der Waals surface area contributed by atoms with E-state index in [-0.39, 0.29) is 16.2 Å². The lowest BCUT2D eigenvalue weighted by Crippen LogP contribution is -2.29. The fourth-order valence-corrected chi connectivity index (χ4v) is 3.90. The van der Waals surface area contributed by atoms with Gasteiger partial charge in [-0.3, -0.25) is 4.79 Å². The maximum atomic E-state index is 12.3. The maximum Gasteiger partial charge on any atom is 0.339 e. The van der Waals surface area contributed by atoms with Gasteiger partial charge in [-0.15, -0.1) is 0 Å². The third kappa shape index (κ3) is 4.28. The van der Waals surface area contributed by atoms with Crippen molar-refractivity contribution in [2.45, 2.75) is 18.2 Å². The number of amides is 1. The summed E-state index contributed by atoms with van der Waals surface area (Å²) in [7, 11) is -3.58. The fraction of sp³-hybridized carbons (Fsp3) is 0.250. The van der Waals surface area contributed by atoms with Crippen LogP contribution in [-0.2, 0) is 19.4 Å². The zero-order valence-electron chi connectivity index (χ0n) is 15.4. The van der Waals surface area contributed by atoms with Gasteiger partial charge < -0.3 is 4.74 Å². The van der Waals surface area contributed by atoms with Crippen molar-refractivity contribution in [1.29, 1.82) is 0 Å². The molecule has 146 valence electrons. The lowest BCUT2D eigenvalue weighted by molar-refractivity contribution is -0.134. The highest BCUT2D eigenvalue weighted by Crippen LogP contribution is 2.18. The molecule has 8 heteroatoms. The van der Waals surface area contributed by atoms with Gasteiger partial charge in [0.1, 0.15) is 0 Å². The number of hydrogen-bond acceptors (Lipinski definition) is 6. The smallest absolute Gasteiger partial charge is 0.339 e. The number of esters is 1. The highest BCUT2D eigenvalue weighted by molar-refractivity contribution is 7.91. The fourth-order valence-electron chi connectivity index (χ4n) is 2.81. The molecule has 0 aliphatic carbocycles. The molecule has 1 aliphatic heterocycles. The van der Waals surface area contributed by atoms with E-state index >= 15 is 0 Å². The Morgan fingerprint density at radius 3 is 2.46 bits per heavy atom. The van der Waals surface area contributed by atoms with Gasteiger partial charge in [-0.1, -0.05) is 49.4 Å². The van der Waals surface area contributed by atoms with Crippen LogP contribution in [0.2, 0.25) is 0 Å². The van der Waals surface area contributed by atoms with Crippen molar-refractivity contribution in [1.82, 2.24) is 5.01 Å². The van der Waals surface area contributed by atoms with Crippen LogP contribution in [0.1, 0.15) is 29.3 Å². The van der Waals surface area contributed by atoms with Gasteiger partial charge in [0.05, 0.1) is 28.5 Å². The van der Waals surface area contributed by atoms with Crippen molar-refractivity contribution in [2.24, 2.45) is 5.10 Å². The molecule has 0 aromatic heterocycles. The van der Waals surface area contributed by atoms with Crippen LogP contribution in [0.25, 0.3) is 0 Å². The molecule has 2 aromatic carbocycles. The minimum absolute atomic E-state index is 0.0768. The molecular weight excluding hydrogens is 380 g/mol. The van der Waals surface area contributed by atoms with Gasteiger partial charge in [0.2, 0.25) is 0 Å². The van der Waals surface area contributed by atoms with Crippen molar-refractivity contribution >= 4 is 27.4 Å². The third-order valence-electron chi connectivity index (χ3n) is 4.35. The number of sulfone groups is 1. The molecule has 0 spiro atoms. The van der Waals surface area contributed by atoms with Gasteiger partial charge in [0.15, 0.2) is 16.4 Å². The van der Waals surface area contributed by atoms with E-state index < -0.39 is 28.3 Å². The lowest BCUT2D eigenvalue weighted by Gasteiger charge is -2.12. The Morgan fingerprint density at radius 1 is 1.07 bits per heavy atom. The Morgan fingerprint density at radius 2 is 1.75 bits per heavy atom. The van der Waals surface area contributed by atoms with Gasteiger partial charge >= 0.3 is 5.97 Å². The summed E-state index contributed by atoms with van der Waals surface area (Å²) < 4.78 is 29.3. The molecule has 3 rings (SSSR count). The predicted molar refractivity (Wildman–Crippen MR) is 104 cm³/mol. The van der Waals surface area contributed by atoms with Crippen molar-refractivity contribution in [3.8, 4) is 0 Å². The van der Waals surface area contributed by atoms with Crippen LogP contribution in [0, 0.1) is 0 Å². The number of rotatable bonds is 6. The van der Waals surface area contributed by atoms with Crippen LogP contribution in [0.5, 0.6) is 0 Å². The minimum atomic E-state index is -3.58. The van der Waals surface area contributed by atoms with E-state index in [1.807, 2.05) is 30.3 Å². The molecule has 1 aliphatic rings. The quantitative estimate of drug-likeness (QED) is 0.694. The summed E-state index contributed by atoms with van der Waals surface area (Å²) in [6.45, 7) is 1.39. The second-order valence-corrected chi connectivity index (χ2v) is 8.40. The average molecular weight is 400 g/mol. The van der Waals surface area contributed by atoms with Gasteiger partial charge in [0.25, 0.3) is 5.91 Å². The minimum Gasteiger partial charge on any atom is -0.452 e. The lowest BCUT2D eigenvalue weighted by atomic mass is 10.1. The van der Waals surface area contributed by atoms with Gasteiger partial charge in [-0.2, -0.15) is 5.10 Å². The molecule has 1 heterocycles. The molecule has 0 N–H and O–H groups in total. The van der Waals surface area contributed by atoms with Crippen LogP contribution >= 0.6 is 0 Å². The number of carbonyl (C=O) groups is 2. The molecule has 28 heavy (non-hydrogen) atoms. The van der Waals surface area contributed by atoms with Crippen molar-refractivity contribution in [3.63, 3.8) is 0 Å². The second kappa shape index (κ2) is 8.35. The van der Waals surface area contributed by atoms with E-state index in [4.69, 9.17) is 4.74 Å². The molecule has 0 atom stereocenters. The Kier molecular flexibility index (Phi) is 5.89. The van der Waals surface area contributed by atoms with E-state index in [2.05, 4.69) is 5.10 Å². The van der Waals surface area contributed by atoms with Crippen LogP contribution < -0.4 is 0 Å². The zero-order chi connectivity index (χ0) is 20.1. The number of ether oxygens (including phenoxy) is 1. The van der Waals surface area contributed by atoms with E-state index in [0.717, 1.165) is 11.3 Å². The highest BCUT2D eigenvalue weighted by atomic mass is 32.2. The highest BCUT2D eigenvalue weighted by Gasteiger charge is 2.25. The van der Waals surface area contributed by atoms with Crippen LogP contribution in [-0.4, -0.2) is 49.9 Å². The first kappa shape index (κ1) is 19.8. The predicted octanol–water partition coefficient (Wildman–Crippen LogP) is 2.27. The van der Waals surface area contributed by atoms with E-state index in [9.17, 15) is 18.0 Å². The summed E-state index contributed by atoms with van der Waals surface area (Å²) in [5.74, 6) is -1.46. The summed E-state index contributed by atoms with van der Waals surface area (Å²) in [5, 5.41) is 5.56. The molecule has 2 aromatic rings. The number of carbonyl (C=O) groups excluding carboxylic acids is 2. The molecule has 0 radical (unpaired) electrons. The molecule has 0 unspecified atom stereocenters. The Labute approximate surface area is 163 Å². The molecule has 0 saturated carbocycles. The first-order valence-corrected chi connectivity index (χ1v) is 10.5. The van der Waals surface area contributed by atoms with E-state index in [1.165, 1.54) is 30.1 Å². The first-order valence-electron chi connectivity index (χ1n) is 8.84. The zero-order valence-corrected chi connectivity index (χ0v) is 16.2. The third-order valence-corrected chi connectivity index (χ3v) is 6.13. The second-order valence-electron chi connectivity index (χ2n) is 6.16. The summed E-state index contributed by atoms with van der Waals surface area (Å²) in [5.41, 5.74) is 1.65. The summed E-state index contributed by atoms with van der Waals surface area (Å²) in [4.78, 5) is 24.6. The number of benzene rings is 2. The van der Waals surface area contributed by atoms with Crippen molar-refractivity contribution in [2.75, 3.05) is 18.9 Å². The van der Waals surface area contributed by atoms with E-state index in [0.29, 0.717) is 13.0 Å². The summed E-state index contributed by atoms with van der Waals surface area (Å²) >= 11 is 0. The number of hydrazone groups is 1. The molecule has 0 bridgehead atoms. The Hall–Kier alpha value is -3.00. The SMILES string of the molecule is CCS(=O)(=O)c1ccccc1C(=O)OCC(=O)N1CCC(c2ccccc2)=N1. The van der Waals surface area contributed by atoms with Gasteiger partial charge in [0, 0.05) is 6.42 Å². The maximum absolute atomic E-state index is 12.3. The van der Waals surface area contributed by atoms with Gasteiger partial charge in [-0.05, 0) is 17.7 Å². The molecule has 0 saturated heterocycles. The van der Waals surface area contributed by atoms with Crippen molar-refractivity contribution < 1.29 is 22.7 Å². The topological polar surface area (TPSA) is 93.1 Å². The van der Waals surface area contributed by atoms with Crippen LogP contribution in [0.15, 0.2) is 64.6 Å². The Balaban J connectivity index is 1.66. The van der Waals surface area contributed by atoms with Crippen LogP contribution in [0.3, 0.4) is 0 Å². The standard InChI is InChI=1S/C20H20N2O5S/c1-2-28(25,26)18-11-7-6-10-16(18)20(24)27-14-19(23)22-13-12-17(21-22)15-8-4-3-5-9-15/h3-11H,2,12-14H2,1H3.